The van der Waals surface area contributed by atoms with E-state index in [0.717, 1.165) is 16.7 Å². The summed E-state index contributed by atoms with van der Waals surface area (Å²) in [6.07, 6.45) is 5.01. The molecule has 112 valence electrons. The van der Waals surface area contributed by atoms with Crippen molar-refractivity contribution in [2.24, 2.45) is 0 Å². The summed E-state index contributed by atoms with van der Waals surface area (Å²) in [5.74, 6) is 0.374. The molecule has 0 radical (unpaired) electrons. The van der Waals surface area contributed by atoms with Crippen molar-refractivity contribution in [3.8, 4) is 5.75 Å². The first-order chi connectivity index (χ1) is 10.7. The van der Waals surface area contributed by atoms with Gasteiger partial charge in [0.25, 0.3) is 0 Å². The lowest BCUT2D eigenvalue weighted by atomic mass is 10.2. The van der Waals surface area contributed by atoms with Crippen molar-refractivity contribution in [1.29, 1.82) is 0 Å². The minimum absolute atomic E-state index is 0.369. The van der Waals surface area contributed by atoms with Crippen LogP contribution in [0.2, 0.25) is 0 Å². The Labute approximate surface area is 127 Å². The zero-order chi connectivity index (χ0) is 15.5. The monoisotopic (exact) mass is 297 g/mol. The number of rotatable bonds is 4. The molecule has 22 heavy (non-hydrogen) atoms. The molecule has 0 saturated heterocycles. The molecule has 0 atom stereocenters. The van der Waals surface area contributed by atoms with Crippen LogP contribution < -0.4 is 4.74 Å². The van der Waals surface area contributed by atoms with Crippen LogP contribution in [-0.2, 0) is 11.3 Å². The third-order valence-corrected chi connectivity index (χ3v) is 3.37. The molecule has 3 rings (SSSR count). The van der Waals surface area contributed by atoms with Crippen molar-refractivity contribution in [2.45, 2.75) is 6.54 Å². The molecule has 0 aliphatic heterocycles. The maximum Gasteiger partial charge on any atom is 0.341 e. The highest BCUT2D eigenvalue weighted by Crippen LogP contribution is 2.18. The number of carbonyl (C=O) groups is 1. The van der Waals surface area contributed by atoms with E-state index in [2.05, 4.69) is 10.1 Å². The van der Waals surface area contributed by atoms with Crippen LogP contribution in [0.3, 0.4) is 0 Å². The summed E-state index contributed by atoms with van der Waals surface area (Å²) in [4.78, 5) is 15.8. The van der Waals surface area contributed by atoms with Gasteiger partial charge in [0.1, 0.15) is 16.8 Å². The van der Waals surface area contributed by atoms with Crippen LogP contribution in [0.25, 0.3) is 10.9 Å². The minimum atomic E-state index is -0.437. The quantitative estimate of drug-likeness (QED) is 0.691. The van der Waals surface area contributed by atoms with Crippen LogP contribution >= 0.6 is 0 Å². The van der Waals surface area contributed by atoms with E-state index >= 15 is 0 Å². The lowest BCUT2D eigenvalue weighted by Crippen LogP contribution is -2.04. The molecule has 0 fully saturated rings. The molecule has 0 N–H and O–H groups in total. The third kappa shape index (κ3) is 2.63. The normalized spacial score (nSPS) is 10.6. The highest BCUT2D eigenvalue weighted by molar-refractivity contribution is 6.01. The van der Waals surface area contributed by atoms with Gasteiger partial charge in [0, 0.05) is 24.0 Å². The van der Waals surface area contributed by atoms with Gasteiger partial charge in [0.05, 0.1) is 20.8 Å². The van der Waals surface area contributed by atoms with Crippen LogP contribution in [-0.4, -0.2) is 35.0 Å². The lowest BCUT2D eigenvalue weighted by Gasteiger charge is -2.03. The summed E-state index contributed by atoms with van der Waals surface area (Å²) in [6.45, 7) is 0.597. The summed E-state index contributed by atoms with van der Waals surface area (Å²) in [7, 11) is 2.98. The molecule has 2 heterocycles. The predicted octanol–water partition coefficient (Wildman–Crippen LogP) is 2.27. The summed E-state index contributed by atoms with van der Waals surface area (Å²) in [6, 6.07) is 7.76. The fourth-order valence-corrected chi connectivity index (χ4v) is 2.25. The number of carbonyl (C=O) groups excluding carboxylic acids is 1. The predicted molar refractivity (Wildman–Crippen MR) is 81.0 cm³/mol. The Bertz CT molecular complexity index is 809. The second-order valence-electron chi connectivity index (χ2n) is 4.79. The standard InChI is InChI=1S/C16H15N3O3/c1-21-13-5-3-11(4-6-13)9-19-10-12-7-17-8-14(15(12)18-19)16(20)22-2/h3-8,10H,9H2,1-2H3. The number of pyridine rings is 1. The second kappa shape index (κ2) is 5.85. The van der Waals surface area contributed by atoms with Gasteiger partial charge in [-0.05, 0) is 17.7 Å². The number of fused-ring (bicyclic) bond motifs is 1. The van der Waals surface area contributed by atoms with Gasteiger partial charge in [-0.15, -0.1) is 0 Å². The van der Waals surface area contributed by atoms with Gasteiger partial charge < -0.3 is 9.47 Å². The van der Waals surface area contributed by atoms with Crippen molar-refractivity contribution >= 4 is 16.9 Å². The molecule has 0 bridgehead atoms. The largest absolute Gasteiger partial charge is 0.497 e. The van der Waals surface area contributed by atoms with Crippen molar-refractivity contribution in [3.05, 3.63) is 54.0 Å². The van der Waals surface area contributed by atoms with Gasteiger partial charge in [-0.3, -0.25) is 9.67 Å². The van der Waals surface area contributed by atoms with Crippen LogP contribution in [0.1, 0.15) is 15.9 Å². The second-order valence-corrected chi connectivity index (χ2v) is 4.79. The molecule has 0 aliphatic rings. The number of methoxy groups -OCH3 is 2. The summed E-state index contributed by atoms with van der Waals surface area (Å²) >= 11 is 0. The van der Waals surface area contributed by atoms with Gasteiger partial charge in [-0.25, -0.2) is 4.79 Å². The Balaban J connectivity index is 1.93. The van der Waals surface area contributed by atoms with Crippen molar-refractivity contribution in [2.75, 3.05) is 14.2 Å². The molecule has 0 amide bonds. The van der Waals surface area contributed by atoms with Gasteiger partial charge in [-0.1, -0.05) is 12.1 Å². The molecule has 6 nitrogen and oxygen atoms in total. The van der Waals surface area contributed by atoms with E-state index in [1.165, 1.54) is 13.3 Å². The van der Waals surface area contributed by atoms with Gasteiger partial charge in [-0.2, -0.15) is 5.10 Å². The molecule has 0 unspecified atom stereocenters. The number of hydrogen-bond donors (Lipinski definition) is 0. The first kappa shape index (κ1) is 14.1. The average Bonchev–Trinajstić information content (AvgIpc) is 2.97. The number of nitrogens with zero attached hydrogens (tertiary/aromatic N) is 3. The van der Waals surface area contributed by atoms with E-state index in [4.69, 9.17) is 9.47 Å². The van der Waals surface area contributed by atoms with Crippen molar-refractivity contribution in [1.82, 2.24) is 14.8 Å². The third-order valence-electron chi connectivity index (χ3n) is 3.37. The first-order valence-electron chi connectivity index (χ1n) is 6.73. The number of benzene rings is 1. The molecule has 0 spiro atoms. The molecule has 6 heteroatoms. The van der Waals surface area contributed by atoms with Gasteiger partial charge in [0.15, 0.2) is 0 Å². The van der Waals surface area contributed by atoms with Gasteiger partial charge >= 0.3 is 5.97 Å². The zero-order valence-electron chi connectivity index (χ0n) is 12.3. The first-order valence-corrected chi connectivity index (χ1v) is 6.73. The maximum atomic E-state index is 11.7. The average molecular weight is 297 g/mol. The van der Waals surface area contributed by atoms with Crippen LogP contribution in [0.4, 0.5) is 0 Å². The molecule has 1 aromatic carbocycles. The Morgan fingerprint density at radius 2 is 1.95 bits per heavy atom. The highest BCUT2D eigenvalue weighted by atomic mass is 16.5. The smallest absolute Gasteiger partial charge is 0.341 e. The van der Waals surface area contributed by atoms with E-state index in [0.29, 0.717) is 17.6 Å². The van der Waals surface area contributed by atoms with Crippen LogP contribution in [0.15, 0.2) is 42.9 Å². The molecule has 0 saturated carbocycles. The van der Waals surface area contributed by atoms with Crippen molar-refractivity contribution in [3.63, 3.8) is 0 Å². The SMILES string of the molecule is COC(=O)c1cncc2cn(Cc3ccc(OC)cc3)nc12. The van der Waals surface area contributed by atoms with E-state index in [1.807, 2.05) is 30.5 Å². The summed E-state index contributed by atoms with van der Waals surface area (Å²) in [5.41, 5.74) is 2.05. The Hall–Kier alpha value is -2.89. The molecule has 0 aliphatic carbocycles. The molecule has 2 aromatic heterocycles. The van der Waals surface area contributed by atoms with Crippen LogP contribution in [0, 0.1) is 0 Å². The Morgan fingerprint density at radius 3 is 2.64 bits per heavy atom. The lowest BCUT2D eigenvalue weighted by molar-refractivity contribution is 0.0602. The number of hydrogen-bond acceptors (Lipinski definition) is 5. The Morgan fingerprint density at radius 1 is 1.18 bits per heavy atom. The fraction of sp³-hybridized carbons (Fsp3) is 0.188. The van der Waals surface area contributed by atoms with Crippen molar-refractivity contribution < 1.29 is 14.3 Å². The molecular weight excluding hydrogens is 282 g/mol. The van der Waals surface area contributed by atoms with Crippen LogP contribution in [0.5, 0.6) is 5.75 Å². The number of esters is 1. The summed E-state index contributed by atoms with van der Waals surface area (Å²) in [5, 5.41) is 5.27. The van der Waals surface area contributed by atoms with E-state index in [1.54, 1.807) is 18.0 Å². The van der Waals surface area contributed by atoms with E-state index < -0.39 is 5.97 Å². The number of aromatic nitrogens is 3. The zero-order valence-corrected chi connectivity index (χ0v) is 12.3. The number of ether oxygens (including phenoxy) is 2. The highest BCUT2D eigenvalue weighted by Gasteiger charge is 2.14. The summed E-state index contributed by atoms with van der Waals surface area (Å²) < 4.78 is 11.7. The Kier molecular flexibility index (Phi) is 3.74. The van der Waals surface area contributed by atoms with Gasteiger partial charge in [0.2, 0.25) is 0 Å². The topological polar surface area (TPSA) is 66.2 Å². The molecule has 3 aromatic rings. The maximum absolute atomic E-state index is 11.7. The minimum Gasteiger partial charge on any atom is -0.497 e. The van der Waals surface area contributed by atoms with E-state index in [9.17, 15) is 4.79 Å². The van der Waals surface area contributed by atoms with E-state index in [-0.39, 0.29) is 0 Å². The molecular formula is C16H15N3O3. The fourth-order valence-electron chi connectivity index (χ4n) is 2.25.